The molecule has 0 saturated carbocycles. The molecule has 4 rings (SSSR count). The Morgan fingerprint density at radius 3 is 2.67 bits per heavy atom. The van der Waals surface area contributed by atoms with E-state index in [0.29, 0.717) is 23.8 Å². The normalized spacial score (nSPS) is 12.1. The lowest BCUT2D eigenvalue weighted by Gasteiger charge is -2.13. The van der Waals surface area contributed by atoms with Gasteiger partial charge < -0.3 is 14.2 Å². The zero-order valence-electron chi connectivity index (χ0n) is 13.8. The molecule has 6 heteroatoms. The van der Waals surface area contributed by atoms with E-state index in [9.17, 15) is 0 Å². The molecule has 0 unspecified atom stereocenters. The van der Waals surface area contributed by atoms with E-state index in [1.807, 2.05) is 24.3 Å². The van der Waals surface area contributed by atoms with Crippen molar-refractivity contribution in [2.75, 3.05) is 5.32 Å². The fourth-order valence-corrected chi connectivity index (χ4v) is 2.55. The van der Waals surface area contributed by atoms with Gasteiger partial charge in [0.1, 0.15) is 23.2 Å². The molecule has 0 bridgehead atoms. The third-order valence-corrected chi connectivity index (χ3v) is 3.86. The standard InChI is InChI=1S/C18H18N4O2/c1-18(2,3)13-8-19-14(24-13)9-20-17-16-15(21-10-22-17)11-6-4-5-7-12(11)23-16/h4-8,10H,9H2,1-3H3,(H,20,21,22). The van der Waals surface area contributed by atoms with Gasteiger partial charge in [0.15, 0.2) is 11.4 Å². The van der Waals surface area contributed by atoms with Crippen LogP contribution < -0.4 is 5.32 Å². The molecule has 1 N–H and O–H groups in total. The van der Waals surface area contributed by atoms with Crippen molar-refractivity contribution in [2.24, 2.45) is 0 Å². The van der Waals surface area contributed by atoms with Crippen molar-refractivity contribution < 1.29 is 8.83 Å². The van der Waals surface area contributed by atoms with E-state index < -0.39 is 0 Å². The largest absolute Gasteiger partial charge is 0.450 e. The number of rotatable bonds is 3. The summed E-state index contributed by atoms with van der Waals surface area (Å²) in [5.41, 5.74) is 2.17. The Bertz CT molecular complexity index is 1010. The van der Waals surface area contributed by atoms with Gasteiger partial charge in [0.2, 0.25) is 5.89 Å². The molecule has 0 fully saturated rings. The number of furan rings is 1. The fraction of sp³-hybridized carbons (Fsp3) is 0.278. The van der Waals surface area contributed by atoms with Crippen LogP contribution in [0.25, 0.3) is 22.1 Å². The van der Waals surface area contributed by atoms with E-state index >= 15 is 0 Å². The van der Waals surface area contributed by atoms with Crippen LogP contribution in [-0.4, -0.2) is 15.0 Å². The van der Waals surface area contributed by atoms with Crippen molar-refractivity contribution in [2.45, 2.75) is 32.7 Å². The summed E-state index contributed by atoms with van der Waals surface area (Å²) in [4.78, 5) is 12.9. The molecule has 4 aromatic rings. The van der Waals surface area contributed by atoms with Gasteiger partial charge in [-0.2, -0.15) is 0 Å². The first kappa shape index (κ1) is 14.7. The zero-order valence-corrected chi connectivity index (χ0v) is 13.8. The summed E-state index contributed by atoms with van der Waals surface area (Å²) >= 11 is 0. The van der Waals surface area contributed by atoms with Crippen LogP contribution in [0.4, 0.5) is 5.82 Å². The molecule has 0 saturated heterocycles. The minimum Gasteiger partial charge on any atom is -0.450 e. The predicted molar refractivity (Wildman–Crippen MR) is 91.8 cm³/mol. The molecular weight excluding hydrogens is 304 g/mol. The van der Waals surface area contributed by atoms with Crippen molar-refractivity contribution in [3.8, 4) is 0 Å². The second kappa shape index (κ2) is 5.33. The van der Waals surface area contributed by atoms with Crippen LogP contribution in [0.3, 0.4) is 0 Å². The lowest BCUT2D eigenvalue weighted by Crippen LogP contribution is -2.09. The first-order valence-electron chi connectivity index (χ1n) is 7.84. The molecule has 0 aliphatic rings. The highest BCUT2D eigenvalue weighted by Crippen LogP contribution is 2.30. The molecule has 24 heavy (non-hydrogen) atoms. The van der Waals surface area contributed by atoms with Crippen molar-refractivity contribution in [3.05, 3.63) is 48.4 Å². The third-order valence-electron chi connectivity index (χ3n) is 3.86. The van der Waals surface area contributed by atoms with E-state index in [2.05, 4.69) is 41.0 Å². The van der Waals surface area contributed by atoms with Crippen molar-refractivity contribution in [1.29, 1.82) is 0 Å². The first-order chi connectivity index (χ1) is 11.5. The second-order valence-corrected chi connectivity index (χ2v) is 6.72. The summed E-state index contributed by atoms with van der Waals surface area (Å²) in [5.74, 6) is 2.10. The number of anilines is 1. The lowest BCUT2D eigenvalue weighted by molar-refractivity contribution is 0.385. The van der Waals surface area contributed by atoms with Gasteiger partial charge in [0.25, 0.3) is 0 Å². The quantitative estimate of drug-likeness (QED) is 0.607. The molecule has 0 spiro atoms. The van der Waals surface area contributed by atoms with Gasteiger partial charge in [-0.25, -0.2) is 15.0 Å². The van der Waals surface area contributed by atoms with E-state index in [4.69, 9.17) is 8.83 Å². The number of nitrogens with one attached hydrogen (secondary N) is 1. The molecule has 0 aliphatic heterocycles. The zero-order chi connectivity index (χ0) is 16.7. The number of oxazole rings is 1. The Balaban J connectivity index is 1.64. The average molecular weight is 322 g/mol. The summed E-state index contributed by atoms with van der Waals surface area (Å²) in [6.45, 7) is 6.70. The highest BCUT2D eigenvalue weighted by atomic mass is 16.4. The van der Waals surface area contributed by atoms with Gasteiger partial charge in [-0.05, 0) is 12.1 Å². The SMILES string of the molecule is CC(C)(C)c1cnc(CNc2ncnc3c2oc2ccccc23)o1. The van der Waals surface area contributed by atoms with Crippen LogP contribution in [-0.2, 0) is 12.0 Å². The Morgan fingerprint density at radius 2 is 1.88 bits per heavy atom. The molecule has 3 aromatic heterocycles. The van der Waals surface area contributed by atoms with Crippen molar-refractivity contribution >= 4 is 27.9 Å². The van der Waals surface area contributed by atoms with E-state index in [1.54, 1.807) is 6.20 Å². The van der Waals surface area contributed by atoms with Crippen LogP contribution in [0.1, 0.15) is 32.4 Å². The van der Waals surface area contributed by atoms with Crippen molar-refractivity contribution in [3.63, 3.8) is 0 Å². The van der Waals surface area contributed by atoms with Gasteiger partial charge in [0.05, 0.1) is 12.7 Å². The molecule has 3 heterocycles. The molecule has 0 aliphatic carbocycles. The van der Waals surface area contributed by atoms with Crippen LogP contribution in [0.5, 0.6) is 0 Å². The summed E-state index contributed by atoms with van der Waals surface area (Å²) in [6, 6.07) is 7.81. The number of hydrogen-bond acceptors (Lipinski definition) is 6. The summed E-state index contributed by atoms with van der Waals surface area (Å²) in [7, 11) is 0. The van der Waals surface area contributed by atoms with E-state index in [0.717, 1.165) is 22.2 Å². The second-order valence-electron chi connectivity index (χ2n) is 6.72. The van der Waals surface area contributed by atoms with Gasteiger partial charge in [-0.1, -0.05) is 32.9 Å². The maximum Gasteiger partial charge on any atom is 0.213 e. The van der Waals surface area contributed by atoms with E-state index in [1.165, 1.54) is 6.33 Å². The Morgan fingerprint density at radius 1 is 1.04 bits per heavy atom. The van der Waals surface area contributed by atoms with Crippen LogP contribution in [0.15, 0.2) is 45.6 Å². The van der Waals surface area contributed by atoms with Gasteiger partial charge >= 0.3 is 0 Å². The predicted octanol–water partition coefficient (Wildman–Crippen LogP) is 4.27. The smallest absolute Gasteiger partial charge is 0.213 e. The Labute approximate surface area is 138 Å². The highest BCUT2D eigenvalue weighted by molar-refractivity contribution is 6.05. The average Bonchev–Trinajstić information content (AvgIpc) is 3.17. The summed E-state index contributed by atoms with van der Waals surface area (Å²) < 4.78 is 11.7. The summed E-state index contributed by atoms with van der Waals surface area (Å²) in [6.07, 6.45) is 3.30. The number of aromatic nitrogens is 3. The van der Waals surface area contributed by atoms with Gasteiger partial charge in [0, 0.05) is 10.8 Å². The minimum absolute atomic E-state index is 0.0633. The van der Waals surface area contributed by atoms with Gasteiger partial charge in [-0.15, -0.1) is 0 Å². The molecule has 6 nitrogen and oxygen atoms in total. The molecule has 122 valence electrons. The minimum atomic E-state index is -0.0633. The first-order valence-corrected chi connectivity index (χ1v) is 7.84. The maximum absolute atomic E-state index is 5.89. The van der Waals surface area contributed by atoms with Crippen molar-refractivity contribution in [1.82, 2.24) is 15.0 Å². The monoisotopic (exact) mass is 322 g/mol. The third kappa shape index (κ3) is 2.50. The molecule has 0 atom stereocenters. The lowest BCUT2D eigenvalue weighted by atomic mass is 9.94. The topological polar surface area (TPSA) is 77.0 Å². The Hall–Kier alpha value is -2.89. The number of nitrogens with zero attached hydrogens (tertiary/aromatic N) is 3. The molecule has 1 aromatic carbocycles. The number of fused-ring (bicyclic) bond motifs is 3. The number of benzene rings is 1. The van der Waals surface area contributed by atoms with Crippen LogP contribution >= 0.6 is 0 Å². The highest BCUT2D eigenvalue weighted by Gasteiger charge is 2.19. The fourth-order valence-electron chi connectivity index (χ4n) is 2.55. The summed E-state index contributed by atoms with van der Waals surface area (Å²) in [5, 5.41) is 4.20. The molecule has 0 radical (unpaired) electrons. The van der Waals surface area contributed by atoms with E-state index in [-0.39, 0.29) is 5.41 Å². The number of para-hydroxylation sites is 1. The molecular formula is C18H18N4O2. The Kier molecular flexibility index (Phi) is 3.26. The van der Waals surface area contributed by atoms with Crippen LogP contribution in [0.2, 0.25) is 0 Å². The van der Waals surface area contributed by atoms with Crippen LogP contribution in [0, 0.1) is 0 Å². The molecule has 0 amide bonds. The van der Waals surface area contributed by atoms with Gasteiger partial charge in [-0.3, -0.25) is 0 Å². The number of hydrogen-bond donors (Lipinski definition) is 1. The maximum atomic E-state index is 5.89.